The molecule has 2 heterocycles. The highest BCUT2D eigenvalue weighted by Crippen LogP contribution is 2.22. The Morgan fingerprint density at radius 3 is 2.61 bits per heavy atom. The largest absolute Gasteiger partial charge is 0.480 e. The van der Waals surface area contributed by atoms with Gasteiger partial charge in [-0.2, -0.15) is 10.2 Å². The van der Waals surface area contributed by atoms with Crippen molar-refractivity contribution in [2.24, 2.45) is 0 Å². The summed E-state index contributed by atoms with van der Waals surface area (Å²) in [4.78, 5) is 23.7. The van der Waals surface area contributed by atoms with Crippen LogP contribution in [-0.4, -0.2) is 36.5 Å². The first-order valence-electron chi connectivity index (χ1n) is 8.94. The van der Waals surface area contributed by atoms with Crippen LogP contribution in [-0.2, 0) is 11.3 Å². The Hall–Kier alpha value is -3.42. The van der Waals surface area contributed by atoms with Crippen LogP contribution in [0.4, 0.5) is 5.69 Å². The lowest BCUT2D eigenvalue weighted by Gasteiger charge is -2.09. The molecule has 1 aromatic carbocycles. The van der Waals surface area contributed by atoms with Crippen LogP contribution in [0.2, 0.25) is 0 Å². The number of carbonyl (C=O) groups is 2. The van der Waals surface area contributed by atoms with Crippen LogP contribution in [0.25, 0.3) is 0 Å². The molecule has 0 saturated carbocycles. The molecule has 1 atom stereocenters. The lowest BCUT2D eigenvalue weighted by molar-refractivity contribution is -0.140. The van der Waals surface area contributed by atoms with E-state index in [4.69, 9.17) is 5.11 Å². The number of aryl methyl sites for hydroxylation is 2. The third-order valence-corrected chi connectivity index (χ3v) is 4.82. The normalized spacial score (nSPS) is 12.0. The number of hydrogen-bond acceptors (Lipinski definition) is 4. The SMILES string of the molecule is Cc1ccccc1Cn1nc(C)c(NC(=O)c2cnn(C(C)C(=O)O)c2)c1C. The van der Waals surface area contributed by atoms with Crippen LogP contribution in [0.3, 0.4) is 0 Å². The number of hydrogen-bond donors (Lipinski definition) is 2. The molecule has 0 aliphatic carbocycles. The first-order valence-corrected chi connectivity index (χ1v) is 8.94. The smallest absolute Gasteiger partial charge is 0.328 e. The number of nitrogens with one attached hydrogen (secondary N) is 1. The minimum atomic E-state index is -1.01. The van der Waals surface area contributed by atoms with Crippen molar-refractivity contribution in [3.05, 3.63) is 64.7 Å². The maximum Gasteiger partial charge on any atom is 0.328 e. The lowest BCUT2D eigenvalue weighted by atomic mass is 10.1. The molecule has 28 heavy (non-hydrogen) atoms. The number of aliphatic carboxylic acids is 1. The Morgan fingerprint density at radius 1 is 1.21 bits per heavy atom. The zero-order valence-corrected chi connectivity index (χ0v) is 16.3. The van der Waals surface area contributed by atoms with Crippen LogP contribution in [0.1, 0.15) is 45.8 Å². The van der Waals surface area contributed by atoms with Crippen molar-refractivity contribution in [2.45, 2.75) is 40.3 Å². The predicted octanol–water partition coefficient (Wildman–Crippen LogP) is 2.95. The maximum atomic E-state index is 12.6. The molecule has 0 aliphatic rings. The molecule has 1 unspecified atom stereocenters. The molecule has 2 N–H and O–H groups in total. The second-order valence-electron chi connectivity index (χ2n) is 6.81. The number of anilines is 1. The van der Waals surface area contributed by atoms with Crippen LogP contribution in [0, 0.1) is 20.8 Å². The zero-order valence-electron chi connectivity index (χ0n) is 16.3. The molecule has 3 aromatic rings. The van der Waals surface area contributed by atoms with E-state index in [-0.39, 0.29) is 5.91 Å². The number of carboxylic acid groups (broad SMARTS) is 1. The fraction of sp³-hybridized carbons (Fsp3) is 0.300. The molecule has 0 aliphatic heterocycles. The van der Waals surface area contributed by atoms with Crippen molar-refractivity contribution in [2.75, 3.05) is 5.32 Å². The van der Waals surface area contributed by atoms with Gasteiger partial charge < -0.3 is 10.4 Å². The van der Waals surface area contributed by atoms with Gasteiger partial charge in [-0.3, -0.25) is 14.2 Å². The quantitative estimate of drug-likeness (QED) is 0.683. The zero-order chi connectivity index (χ0) is 20.4. The molecule has 0 bridgehead atoms. The fourth-order valence-corrected chi connectivity index (χ4v) is 2.95. The summed E-state index contributed by atoms with van der Waals surface area (Å²) >= 11 is 0. The van der Waals surface area contributed by atoms with Crippen molar-refractivity contribution in [3.63, 3.8) is 0 Å². The first kappa shape index (κ1) is 19.3. The first-order chi connectivity index (χ1) is 13.3. The van der Waals surface area contributed by atoms with Crippen molar-refractivity contribution in [3.8, 4) is 0 Å². The van der Waals surface area contributed by atoms with Gasteiger partial charge in [-0.15, -0.1) is 0 Å². The molecule has 8 heteroatoms. The standard InChI is InChI=1S/C20H23N5O3/c1-12-7-5-6-8-16(12)10-25-14(3)18(13(2)23-25)22-19(26)17-9-21-24(11-17)15(4)20(27)28/h5-9,11,15H,10H2,1-4H3,(H,22,26)(H,27,28). The van der Waals surface area contributed by atoms with Gasteiger partial charge in [0.2, 0.25) is 0 Å². The van der Waals surface area contributed by atoms with Gasteiger partial charge in [0.1, 0.15) is 6.04 Å². The highest BCUT2D eigenvalue weighted by Gasteiger charge is 2.19. The summed E-state index contributed by atoms with van der Waals surface area (Å²) in [6.45, 7) is 7.92. The Morgan fingerprint density at radius 2 is 1.93 bits per heavy atom. The number of carbonyl (C=O) groups excluding carboxylic acids is 1. The van der Waals surface area contributed by atoms with E-state index in [9.17, 15) is 9.59 Å². The van der Waals surface area contributed by atoms with Crippen molar-refractivity contribution in [1.82, 2.24) is 19.6 Å². The van der Waals surface area contributed by atoms with Gasteiger partial charge in [-0.1, -0.05) is 24.3 Å². The number of nitrogens with zero attached hydrogens (tertiary/aromatic N) is 4. The van der Waals surface area contributed by atoms with E-state index < -0.39 is 12.0 Å². The monoisotopic (exact) mass is 381 g/mol. The maximum absolute atomic E-state index is 12.6. The minimum absolute atomic E-state index is 0.290. The van der Waals surface area contributed by atoms with Crippen LogP contribution in [0.5, 0.6) is 0 Å². The van der Waals surface area contributed by atoms with Gasteiger partial charge in [-0.25, -0.2) is 4.79 Å². The summed E-state index contributed by atoms with van der Waals surface area (Å²) in [6.07, 6.45) is 2.79. The van der Waals surface area contributed by atoms with Gasteiger partial charge in [0.05, 0.1) is 35.4 Å². The Balaban J connectivity index is 1.79. The second-order valence-corrected chi connectivity index (χ2v) is 6.81. The Labute approximate surface area is 162 Å². The van der Waals surface area contributed by atoms with Gasteiger partial charge >= 0.3 is 5.97 Å². The van der Waals surface area contributed by atoms with Gasteiger partial charge in [-0.05, 0) is 38.8 Å². The molecule has 0 spiro atoms. The van der Waals surface area contributed by atoms with Gasteiger partial charge in [0.25, 0.3) is 5.91 Å². The number of aromatic nitrogens is 4. The fourth-order valence-electron chi connectivity index (χ4n) is 2.95. The average molecular weight is 381 g/mol. The predicted molar refractivity (Wildman–Crippen MR) is 105 cm³/mol. The summed E-state index contributed by atoms with van der Waals surface area (Å²) in [7, 11) is 0. The van der Waals surface area contributed by atoms with E-state index in [0.29, 0.717) is 23.5 Å². The van der Waals surface area contributed by atoms with E-state index in [1.807, 2.05) is 30.7 Å². The highest BCUT2D eigenvalue weighted by molar-refractivity contribution is 6.04. The Bertz CT molecular complexity index is 1030. The molecular formula is C20H23N5O3. The number of carboxylic acids is 1. The number of amides is 1. The van der Waals surface area contributed by atoms with Crippen molar-refractivity contribution in [1.29, 1.82) is 0 Å². The van der Waals surface area contributed by atoms with Crippen molar-refractivity contribution < 1.29 is 14.7 Å². The lowest BCUT2D eigenvalue weighted by Crippen LogP contribution is -2.16. The molecular weight excluding hydrogens is 358 g/mol. The van der Waals surface area contributed by atoms with Crippen LogP contribution < -0.4 is 5.32 Å². The van der Waals surface area contributed by atoms with E-state index in [1.165, 1.54) is 29.6 Å². The molecule has 0 saturated heterocycles. The third-order valence-electron chi connectivity index (χ3n) is 4.82. The third kappa shape index (κ3) is 3.80. The number of rotatable bonds is 6. The van der Waals surface area contributed by atoms with E-state index in [2.05, 4.69) is 34.6 Å². The highest BCUT2D eigenvalue weighted by atomic mass is 16.4. The van der Waals surface area contributed by atoms with Gasteiger partial charge in [0, 0.05) is 6.20 Å². The van der Waals surface area contributed by atoms with Crippen LogP contribution in [0.15, 0.2) is 36.7 Å². The molecule has 2 aromatic heterocycles. The van der Waals surface area contributed by atoms with E-state index >= 15 is 0 Å². The van der Waals surface area contributed by atoms with E-state index in [1.54, 1.807) is 0 Å². The average Bonchev–Trinajstić information content (AvgIpc) is 3.24. The molecule has 0 radical (unpaired) electrons. The molecule has 146 valence electrons. The molecule has 0 fully saturated rings. The minimum Gasteiger partial charge on any atom is -0.480 e. The van der Waals surface area contributed by atoms with Crippen molar-refractivity contribution >= 4 is 17.6 Å². The Kier molecular flexibility index (Phi) is 5.30. The summed E-state index contributed by atoms with van der Waals surface area (Å²) in [6, 6.07) is 7.26. The summed E-state index contributed by atoms with van der Waals surface area (Å²) in [5.74, 6) is -1.37. The number of benzene rings is 1. The second kappa shape index (κ2) is 7.67. The molecule has 3 rings (SSSR count). The topological polar surface area (TPSA) is 102 Å². The van der Waals surface area contributed by atoms with E-state index in [0.717, 1.165) is 11.3 Å². The summed E-state index contributed by atoms with van der Waals surface area (Å²) < 4.78 is 3.11. The summed E-state index contributed by atoms with van der Waals surface area (Å²) in [5.41, 5.74) is 4.85. The summed E-state index contributed by atoms with van der Waals surface area (Å²) in [5, 5.41) is 20.5. The molecule has 1 amide bonds. The van der Waals surface area contributed by atoms with Crippen LogP contribution >= 0.6 is 0 Å². The van der Waals surface area contributed by atoms with Gasteiger partial charge in [0.15, 0.2) is 0 Å². The molecule has 8 nitrogen and oxygen atoms in total.